The van der Waals surface area contributed by atoms with Gasteiger partial charge in [-0.3, -0.25) is 4.79 Å². The normalized spacial score (nSPS) is 11.3. The molecule has 0 aliphatic heterocycles. The first kappa shape index (κ1) is 23.0. The van der Waals surface area contributed by atoms with Crippen LogP contribution in [0.4, 0.5) is 0 Å². The number of benzene rings is 3. The van der Waals surface area contributed by atoms with Gasteiger partial charge >= 0.3 is 0 Å². The van der Waals surface area contributed by atoms with Gasteiger partial charge in [0.1, 0.15) is 0 Å². The predicted molar refractivity (Wildman–Crippen MR) is 150 cm³/mol. The highest BCUT2D eigenvalue weighted by Gasteiger charge is 2.17. The van der Waals surface area contributed by atoms with Crippen molar-refractivity contribution in [2.45, 2.75) is 13.1 Å². The number of nitrogens with one attached hydrogen (secondary N) is 1. The van der Waals surface area contributed by atoms with E-state index in [1.807, 2.05) is 61.6 Å². The minimum atomic E-state index is -0.130. The average molecular weight is 625 g/mol. The smallest absolute Gasteiger partial charge is 0.252 e. The number of aryl methyl sites for hydroxylation is 1. The minimum absolute atomic E-state index is 0.130. The van der Waals surface area contributed by atoms with Crippen molar-refractivity contribution in [3.63, 3.8) is 0 Å². The summed E-state index contributed by atoms with van der Waals surface area (Å²) in [4.78, 5) is 18.4. The number of rotatable bonds is 5. The van der Waals surface area contributed by atoms with Crippen molar-refractivity contribution >= 4 is 66.2 Å². The molecule has 5 rings (SSSR count). The lowest BCUT2D eigenvalue weighted by molar-refractivity contribution is 0.0952. The van der Waals surface area contributed by atoms with Crippen LogP contribution in [0.1, 0.15) is 21.5 Å². The number of fused-ring (bicyclic) bond motifs is 2. The molecule has 0 fully saturated rings. The molecule has 0 spiro atoms. The number of carbonyl (C=O) groups is 1. The Morgan fingerprint density at radius 2 is 1.88 bits per heavy atom. The highest BCUT2D eigenvalue weighted by atomic mass is 127. The van der Waals surface area contributed by atoms with Gasteiger partial charge in [-0.1, -0.05) is 46.3 Å². The molecule has 0 radical (unpaired) electrons. The molecule has 0 atom stereocenters. The Morgan fingerprint density at radius 3 is 2.71 bits per heavy atom. The number of halogens is 2. The molecule has 34 heavy (non-hydrogen) atoms. The zero-order valence-electron chi connectivity index (χ0n) is 18.5. The molecular formula is C27H22BrIN4O. The third-order valence-corrected chi connectivity index (χ3v) is 7.09. The third kappa shape index (κ3) is 4.47. The average Bonchev–Trinajstić information content (AvgIpc) is 3.17. The maximum atomic E-state index is 13.4. The molecule has 5 aromatic rings. The first-order chi connectivity index (χ1) is 16.4. The standard InChI is InChI=1S/C27H22BrIN4O/c1-33-15-23(21-10-18(28)5-8-26(21)33)25-12-22(20-7-6-19(29)11-24(20)32-25)27(34)31-14-17-4-2-3-16(9-17)13-30/h2-12,15H,13-14,30H2,1H3,(H,31,34). The lowest BCUT2D eigenvalue weighted by Gasteiger charge is -2.11. The summed E-state index contributed by atoms with van der Waals surface area (Å²) < 4.78 is 4.16. The van der Waals surface area contributed by atoms with Gasteiger partial charge in [0.2, 0.25) is 0 Å². The van der Waals surface area contributed by atoms with Crippen LogP contribution in [-0.2, 0) is 20.1 Å². The number of nitrogens with zero attached hydrogens (tertiary/aromatic N) is 2. The van der Waals surface area contributed by atoms with E-state index in [1.54, 1.807) is 0 Å². The number of aromatic nitrogens is 2. The van der Waals surface area contributed by atoms with Crippen LogP contribution in [0.2, 0.25) is 0 Å². The lowest BCUT2D eigenvalue weighted by Crippen LogP contribution is -2.23. The van der Waals surface area contributed by atoms with Gasteiger partial charge in [0.25, 0.3) is 5.91 Å². The van der Waals surface area contributed by atoms with E-state index < -0.39 is 0 Å². The largest absolute Gasteiger partial charge is 0.350 e. The van der Waals surface area contributed by atoms with Crippen LogP contribution in [-0.4, -0.2) is 15.5 Å². The van der Waals surface area contributed by atoms with Crippen LogP contribution in [0.5, 0.6) is 0 Å². The summed E-state index contributed by atoms with van der Waals surface area (Å²) in [6.45, 7) is 0.900. The minimum Gasteiger partial charge on any atom is -0.350 e. The topological polar surface area (TPSA) is 72.9 Å². The molecule has 3 N–H and O–H groups in total. The second-order valence-electron chi connectivity index (χ2n) is 8.24. The monoisotopic (exact) mass is 624 g/mol. The molecule has 7 heteroatoms. The van der Waals surface area contributed by atoms with E-state index >= 15 is 0 Å². The fourth-order valence-electron chi connectivity index (χ4n) is 4.24. The fraction of sp³-hybridized carbons (Fsp3) is 0.111. The van der Waals surface area contributed by atoms with E-state index in [1.165, 1.54) is 0 Å². The first-order valence-corrected chi connectivity index (χ1v) is 12.7. The second-order valence-corrected chi connectivity index (χ2v) is 10.4. The van der Waals surface area contributed by atoms with Crippen molar-refractivity contribution in [1.29, 1.82) is 0 Å². The van der Waals surface area contributed by atoms with E-state index in [0.717, 1.165) is 52.2 Å². The molecule has 0 unspecified atom stereocenters. The summed E-state index contributed by atoms with van der Waals surface area (Å²) in [6, 6.07) is 22.0. The van der Waals surface area contributed by atoms with Crippen molar-refractivity contribution in [3.05, 3.63) is 97.7 Å². The van der Waals surface area contributed by atoms with Gasteiger partial charge in [0.15, 0.2) is 0 Å². The number of hydrogen-bond donors (Lipinski definition) is 2. The SMILES string of the molecule is Cn1cc(-c2cc(C(=O)NCc3cccc(CN)c3)c3ccc(I)cc3n2)c2cc(Br)ccc21. The van der Waals surface area contributed by atoms with Crippen molar-refractivity contribution < 1.29 is 4.79 Å². The zero-order valence-corrected chi connectivity index (χ0v) is 22.2. The molecule has 5 nitrogen and oxygen atoms in total. The van der Waals surface area contributed by atoms with Crippen LogP contribution < -0.4 is 11.1 Å². The fourth-order valence-corrected chi connectivity index (χ4v) is 5.08. The number of amides is 1. The van der Waals surface area contributed by atoms with Crippen molar-refractivity contribution in [2.75, 3.05) is 0 Å². The van der Waals surface area contributed by atoms with Gasteiger partial charge in [-0.2, -0.15) is 0 Å². The number of nitrogens with two attached hydrogens (primary N) is 1. The Bertz CT molecular complexity index is 1560. The van der Waals surface area contributed by atoms with E-state index in [9.17, 15) is 4.79 Å². The number of pyridine rings is 1. The number of hydrogen-bond acceptors (Lipinski definition) is 3. The molecule has 2 aromatic heterocycles. The van der Waals surface area contributed by atoms with Gasteiger partial charge in [-0.15, -0.1) is 0 Å². The highest BCUT2D eigenvalue weighted by molar-refractivity contribution is 14.1. The predicted octanol–water partition coefficient (Wildman–Crippen LogP) is 6.15. The number of carbonyl (C=O) groups excluding carboxylic acids is 1. The Labute approximate surface area is 219 Å². The third-order valence-electron chi connectivity index (χ3n) is 5.92. The summed E-state index contributed by atoms with van der Waals surface area (Å²) in [5, 5.41) is 5.00. The molecule has 3 aromatic carbocycles. The molecule has 0 aliphatic rings. The van der Waals surface area contributed by atoms with Crippen LogP contribution in [0.25, 0.3) is 33.1 Å². The van der Waals surface area contributed by atoms with E-state index in [2.05, 4.69) is 66.7 Å². The highest BCUT2D eigenvalue weighted by Crippen LogP contribution is 2.33. The van der Waals surface area contributed by atoms with E-state index in [4.69, 9.17) is 10.7 Å². The molecule has 0 saturated carbocycles. The van der Waals surface area contributed by atoms with Crippen LogP contribution in [0.15, 0.2) is 77.4 Å². The maximum absolute atomic E-state index is 13.4. The van der Waals surface area contributed by atoms with E-state index in [-0.39, 0.29) is 5.91 Å². The van der Waals surface area contributed by atoms with Crippen LogP contribution in [0, 0.1) is 3.57 Å². The summed E-state index contributed by atoms with van der Waals surface area (Å²) >= 11 is 5.86. The van der Waals surface area contributed by atoms with Gasteiger partial charge < -0.3 is 15.6 Å². The summed E-state index contributed by atoms with van der Waals surface area (Å²) in [6.07, 6.45) is 2.07. The van der Waals surface area contributed by atoms with Gasteiger partial charge in [0.05, 0.1) is 16.8 Å². The van der Waals surface area contributed by atoms with Gasteiger partial charge in [-0.25, -0.2) is 4.98 Å². The zero-order chi connectivity index (χ0) is 23.8. The Kier molecular flexibility index (Phi) is 6.42. The lowest BCUT2D eigenvalue weighted by atomic mass is 10.0. The molecule has 2 heterocycles. The van der Waals surface area contributed by atoms with Gasteiger partial charge in [0, 0.05) is 56.2 Å². The van der Waals surface area contributed by atoms with E-state index in [0.29, 0.717) is 18.7 Å². The maximum Gasteiger partial charge on any atom is 0.252 e. The molecule has 1 amide bonds. The molecule has 0 saturated heterocycles. The Balaban J connectivity index is 1.59. The van der Waals surface area contributed by atoms with Crippen molar-refractivity contribution in [3.8, 4) is 11.3 Å². The van der Waals surface area contributed by atoms with Crippen molar-refractivity contribution in [2.24, 2.45) is 12.8 Å². The quantitative estimate of drug-likeness (QED) is 0.231. The Morgan fingerprint density at radius 1 is 1.06 bits per heavy atom. The molecular weight excluding hydrogens is 603 g/mol. The first-order valence-electron chi connectivity index (χ1n) is 10.8. The summed E-state index contributed by atoms with van der Waals surface area (Å²) in [5.74, 6) is -0.130. The molecule has 0 aliphatic carbocycles. The van der Waals surface area contributed by atoms with Gasteiger partial charge in [-0.05, 0) is 70.1 Å². The summed E-state index contributed by atoms with van der Waals surface area (Å²) in [5.41, 5.74) is 12.1. The van der Waals surface area contributed by atoms with Crippen LogP contribution in [0.3, 0.4) is 0 Å². The molecule has 170 valence electrons. The molecule has 0 bridgehead atoms. The second kappa shape index (κ2) is 9.48. The Hall–Kier alpha value is -2.75. The van der Waals surface area contributed by atoms with Crippen LogP contribution >= 0.6 is 38.5 Å². The van der Waals surface area contributed by atoms with Crippen molar-refractivity contribution in [1.82, 2.24) is 14.9 Å². The summed E-state index contributed by atoms with van der Waals surface area (Å²) in [7, 11) is 2.02.